The summed E-state index contributed by atoms with van der Waals surface area (Å²) < 4.78 is 0. The lowest BCUT2D eigenvalue weighted by Gasteiger charge is -2.14. The summed E-state index contributed by atoms with van der Waals surface area (Å²) in [6, 6.07) is 9.36. The molecule has 3 N–H and O–H groups in total. The predicted molar refractivity (Wildman–Crippen MR) is 110 cm³/mol. The van der Waals surface area contributed by atoms with Crippen LogP contribution in [0.3, 0.4) is 0 Å². The minimum atomic E-state index is -1.08. The molecule has 1 aromatic heterocycles. The van der Waals surface area contributed by atoms with Gasteiger partial charge >= 0.3 is 5.97 Å². The Morgan fingerprint density at radius 1 is 1.25 bits per heavy atom. The summed E-state index contributed by atoms with van der Waals surface area (Å²) in [5.74, 6) is -1.88. The van der Waals surface area contributed by atoms with E-state index < -0.39 is 17.1 Å². The average molecular weight is 416 g/mol. The number of amides is 2. The fraction of sp³-hybridized carbons (Fsp3) is 0.167. The number of aromatic carboxylic acids is 1. The molecule has 0 spiro atoms. The van der Waals surface area contributed by atoms with E-state index in [0.717, 1.165) is 21.5 Å². The Bertz CT molecular complexity index is 968. The van der Waals surface area contributed by atoms with Gasteiger partial charge in [0.2, 0.25) is 11.8 Å². The predicted octanol–water partition coefficient (Wildman–Crippen LogP) is 2.55. The van der Waals surface area contributed by atoms with Crippen molar-refractivity contribution in [2.75, 3.05) is 4.90 Å². The highest BCUT2D eigenvalue weighted by Crippen LogP contribution is 2.30. The van der Waals surface area contributed by atoms with Crippen molar-refractivity contribution in [3.05, 3.63) is 52.2 Å². The van der Waals surface area contributed by atoms with Crippen molar-refractivity contribution in [2.24, 2.45) is 15.9 Å². The fourth-order valence-electron chi connectivity index (χ4n) is 2.55. The summed E-state index contributed by atoms with van der Waals surface area (Å²) in [7, 11) is 0. The van der Waals surface area contributed by atoms with Crippen LogP contribution in [-0.4, -0.2) is 39.0 Å². The van der Waals surface area contributed by atoms with E-state index in [4.69, 9.17) is 10.8 Å². The number of nitrogens with two attached hydrogens (primary N) is 1. The van der Waals surface area contributed by atoms with E-state index in [-0.39, 0.29) is 23.1 Å². The number of carboxylic acid groups (broad SMARTS) is 1. The summed E-state index contributed by atoms with van der Waals surface area (Å²) in [5, 5.41) is 18.3. The molecule has 2 heterocycles. The van der Waals surface area contributed by atoms with E-state index in [1.807, 2.05) is 17.5 Å². The zero-order valence-electron chi connectivity index (χ0n) is 14.7. The minimum absolute atomic E-state index is 0.0198. The Labute approximate surface area is 168 Å². The lowest BCUT2D eigenvalue weighted by Crippen LogP contribution is -2.31. The number of carbonyl (C=O) groups is 3. The van der Waals surface area contributed by atoms with Crippen LogP contribution in [0.5, 0.6) is 0 Å². The van der Waals surface area contributed by atoms with Crippen LogP contribution in [-0.2, 0) is 9.59 Å². The van der Waals surface area contributed by atoms with Crippen LogP contribution in [0.25, 0.3) is 0 Å². The van der Waals surface area contributed by atoms with Gasteiger partial charge in [-0.25, -0.2) is 9.69 Å². The summed E-state index contributed by atoms with van der Waals surface area (Å²) in [5.41, 5.74) is 6.96. The second kappa shape index (κ2) is 8.36. The molecule has 2 aromatic rings. The highest BCUT2D eigenvalue weighted by atomic mass is 32.2. The molecule has 2 amide bonds. The summed E-state index contributed by atoms with van der Waals surface area (Å²) in [4.78, 5) is 37.8. The Hall–Kier alpha value is -2.98. The van der Waals surface area contributed by atoms with E-state index in [1.54, 1.807) is 6.92 Å². The van der Waals surface area contributed by atoms with Crippen molar-refractivity contribution in [1.82, 2.24) is 0 Å². The third kappa shape index (κ3) is 4.29. The van der Waals surface area contributed by atoms with Gasteiger partial charge in [-0.2, -0.15) is 5.10 Å². The zero-order chi connectivity index (χ0) is 20.3. The number of thioether (sulfide) groups is 1. The van der Waals surface area contributed by atoms with Gasteiger partial charge in [0.1, 0.15) is 5.25 Å². The number of hydrogen-bond donors (Lipinski definition) is 2. The second-order valence-electron chi connectivity index (χ2n) is 5.83. The van der Waals surface area contributed by atoms with Crippen LogP contribution in [0.4, 0.5) is 5.69 Å². The molecule has 1 atom stereocenters. The minimum Gasteiger partial charge on any atom is -0.478 e. The third-order valence-electron chi connectivity index (χ3n) is 3.92. The Morgan fingerprint density at radius 2 is 1.96 bits per heavy atom. The first-order valence-corrected chi connectivity index (χ1v) is 9.91. The zero-order valence-corrected chi connectivity index (χ0v) is 16.4. The first kappa shape index (κ1) is 19.8. The van der Waals surface area contributed by atoms with E-state index >= 15 is 0 Å². The molecule has 1 aromatic carbocycles. The Balaban J connectivity index is 1.70. The normalized spacial score (nSPS) is 18.0. The lowest BCUT2D eigenvalue weighted by atomic mass is 10.2. The van der Waals surface area contributed by atoms with Gasteiger partial charge in [0.05, 0.1) is 21.8 Å². The molecular weight excluding hydrogens is 400 g/mol. The number of amidine groups is 1. The van der Waals surface area contributed by atoms with Crippen molar-refractivity contribution in [2.45, 2.75) is 18.6 Å². The number of nitrogens with zero attached hydrogens (tertiary/aromatic N) is 3. The van der Waals surface area contributed by atoms with Gasteiger partial charge in [-0.1, -0.05) is 17.8 Å². The quantitative estimate of drug-likeness (QED) is 0.334. The van der Waals surface area contributed by atoms with E-state index in [0.29, 0.717) is 11.4 Å². The van der Waals surface area contributed by atoms with Crippen LogP contribution < -0.4 is 10.6 Å². The molecule has 0 radical (unpaired) electrons. The maximum Gasteiger partial charge on any atom is 0.335 e. The van der Waals surface area contributed by atoms with Gasteiger partial charge in [-0.15, -0.1) is 16.4 Å². The summed E-state index contributed by atoms with van der Waals surface area (Å²) in [6.07, 6.45) is -0.0198. The molecular formula is C18H16N4O4S2. The fourth-order valence-corrected chi connectivity index (χ4v) is 4.03. The lowest BCUT2D eigenvalue weighted by molar-refractivity contribution is -0.121. The molecule has 0 aliphatic carbocycles. The summed E-state index contributed by atoms with van der Waals surface area (Å²) in [6.45, 7) is 1.81. The number of carboxylic acids is 1. The molecule has 1 aliphatic heterocycles. The number of rotatable bonds is 5. The number of imide groups is 1. The van der Waals surface area contributed by atoms with Crippen molar-refractivity contribution in [3.63, 3.8) is 0 Å². The first-order valence-electron chi connectivity index (χ1n) is 8.15. The monoisotopic (exact) mass is 416 g/mol. The van der Waals surface area contributed by atoms with Crippen LogP contribution in [0.1, 0.15) is 28.6 Å². The Morgan fingerprint density at radius 3 is 2.57 bits per heavy atom. The van der Waals surface area contributed by atoms with Crippen LogP contribution >= 0.6 is 23.1 Å². The molecule has 28 heavy (non-hydrogen) atoms. The topological polar surface area (TPSA) is 125 Å². The molecule has 1 fully saturated rings. The number of benzene rings is 1. The smallest absolute Gasteiger partial charge is 0.335 e. The van der Waals surface area contributed by atoms with E-state index in [2.05, 4.69) is 10.2 Å². The molecule has 0 saturated carbocycles. The van der Waals surface area contributed by atoms with Gasteiger partial charge in [0.25, 0.3) is 0 Å². The third-order valence-corrected chi connectivity index (χ3v) is 5.87. The van der Waals surface area contributed by atoms with Crippen LogP contribution in [0, 0.1) is 0 Å². The van der Waals surface area contributed by atoms with Gasteiger partial charge in [0.15, 0.2) is 5.17 Å². The van der Waals surface area contributed by atoms with E-state index in [9.17, 15) is 14.4 Å². The largest absolute Gasteiger partial charge is 0.478 e. The first-order chi connectivity index (χ1) is 13.4. The van der Waals surface area contributed by atoms with Crippen molar-refractivity contribution in [1.29, 1.82) is 0 Å². The van der Waals surface area contributed by atoms with Gasteiger partial charge in [0, 0.05) is 6.42 Å². The number of carbonyl (C=O) groups excluding carboxylic acids is 2. The molecule has 1 unspecified atom stereocenters. The molecule has 3 rings (SSSR count). The molecule has 1 aliphatic rings. The number of anilines is 1. The van der Waals surface area contributed by atoms with Crippen molar-refractivity contribution >= 4 is 57.4 Å². The van der Waals surface area contributed by atoms with Crippen molar-refractivity contribution in [3.8, 4) is 0 Å². The van der Waals surface area contributed by atoms with Gasteiger partial charge in [-0.3, -0.25) is 9.59 Å². The maximum atomic E-state index is 12.6. The highest BCUT2D eigenvalue weighted by Gasteiger charge is 2.40. The van der Waals surface area contributed by atoms with E-state index in [1.165, 1.54) is 35.6 Å². The molecule has 1 saturated heterocycles. The Kier molecular flexibility index (Phi) is 5.90. The highest BCUT2D eigenvalue weighted by molar-refractivity contribution is 8.14. The molecule has 144 valence electrons. The van der Waals surface area contributed by atoms with Crippen LogP contribution in [0.2, 0.25) is 0 Å². The van der Waals surface area contributed by atoms with Gasteiger partial charge < -0.3 is 10.8 Å². The molecule has 8 nitrogen and oxygen atoms in total. The molecule has 0 bridgehead atoms. The maximum absolute atomic E-state index is 12.6. The van der Waals surface area contributed by atoms with Crippen molar-refractivity contribution < 1.29 is 19.5 Å². The summed E-state index contributed by atoms with van der Waals surface area (Å²) >= 11 is 2.51. The average Bonchev–Trinajstić information content (AvgIpc) is 3.29. The van der Waals surface area contributed by atoms with Gasteiger partial charge in [-0.05, 0) is 42.6 Å². The number of hydrogen-bond acceptors (Lipinski definition) is 7. The van der Waals surface area contributed by atoms with Crippen LogP contribution in [0.15, 0.2) is 52.0 Å². The standard InChI is InChI=1S/C18H16N4O4S2/c1-10(13-3-2-8-27-13)20-21-18(19)28-14-9-15(23)22(16(14)24)12-6-4-11(5-7-12)17(25)26/h2-8,14H,9H2,1H3,(H2,19,21)(H,25,26)/b20-10+. The number of thiophene rings is 1. The SMILES string of the molecule is C/C(=N\N=C(N)SC1CC(=O)N(c2ccc(C(=O)O)cc2)C1=O)c1cccs1. The second-order valence-corrected chi connectivity index (χ2v) is 8.00. The molecule has 10 heteroatoms.